The first-order valence-electron chi connectivity index (χ1n) is 13.3. The molecular formula is C29H37BrN4O4. The molecule has 0 atom stereocenters. The number of hydrogen-bond acceptors (Lipinski definition) is 5. The van der Waals surface area contributed by atoms with Gasteiger partial charge in [0.05, 0.1) is 12.2 Å². The highest BCUT2D eigenvalue weighted by molar-refractivity contribution is 9.10. The molecule has 0 bridgehead atoms. The molecule has 0 unspecified atom stereocenters. The van der Waals surface area contributed by atoms with Gasteiger partial charge in [-0.25, -0.2) is 0 Å². The molecule has 0 radical (unpaired) electrons. The Balaban J connectivity index is 0.00000107. The molecule has 2 aromatic carbocycles. The molecule has 1 amide bonds. The first kappa shape index (κ1) is 28.0. The van der Waals surface area contributed by atoms with E-state index in [-0.39, 0.29) is 12.4 Å². The number of carbonyl (C=O) groups is 2. The van der Waals surface area contributed by atoms with Gasteiger partial charge in [-0.1, -0.05) is 22.4 Å². The molecule has 204 valence electrons. The van der Waals surface area contributed by atoms with Crippen LogP contribution in [-0.4, -0.2) is 84.3 Å². The Morgan fingerprint density at radius 2 is 1.68 bits per heavy atom. The van der Waals surface area contributed by atoms with Crippen LogP contribution in [0.2, 0.25) is 0 Å². The number of piperazine rings is 1. The Labute approximate surface area is 232 Å². The molecule has 0 spiro atoms. The van der Waals surface area contributed by atoms with Gasteiger partial charge in [0.2, 0.25) is 0 Å². The molecule has 9 heteroatoms. The largest absolute Gasteiger partial charge is 0.494 e. The lowest BCUT2D eigenvalue weighted by Gasteiger charge is -2.36. The van der Waals surface area contributed by atoms with Gasteiger partial charge in [0.15, 0.2) is 0 Å². The minimum Gasteiger partial charge on any atom is -0.494 e. The van der Waals surface area contributed by atoms with E-state index in [1.165, 1.54) is 38.0 Å². The van der Waals surface area contributed by atoms with Crippen molar-refractivity contribution in [2.45, 2.75) is 25.7 Å². The van der Waals surface area contributed by atoms with E-state index in [9.17, 15) is 4.79 Å². The molecule has 38 heavy (non-hydrogen) atoms. The summed E-state index contributed by atoms with van der Waals surface area (Å²) in [5.74, 6) is 1.05. The molecule has 0 saturated carbocycles. The van der Waals surface area contributed by atoms with E-state index in [4.69, 9.17) is 14.6 Å². The highest BCUT2D eigenvalue weighted by Gasteiger charge is 2.25. The van der Waals surface area contributed by atoms with Gasteiger partial charge < -0.3 is 29.1 Å². The monoisotopic (exact) mass is 584 g/mol. The van der Waals surface area contributed by atoms with Crippen LogP contribution in [0.1, 0.15) is 36.0 Å². The van der Waals surface area contributed by atoms with Crippen LogP contribution >= 0.6 is 15.9 Å². The second-order valence-corrected chi connectivity index (χ2v) is 10.7. The maximum atomic E-state index is 13.3. The number of anilines is 1. The molecule has 3 aromatic rings. The standard InChI is InChI=1S/C28H35BrN4O2.CH2O2/c1-30-21-26(25-20-22(29)6-11-27(25)30)28(34)33-17-15-32(16-18-33)23-7-9-24(10-8-23)35-19-5-14-31-12-3-2-4-13-31;2-1-3/h6-11,20-21H,2-5,12-19H2,1H3;1H,(H,2,3). The zero-order valence-electron chi connectivity index (χ0n) is 22.0. The third-order valence-electron chi connectivity index (χ3n) is 7.29. The maximum absolute atomic E-state index is 13.3. The lowest BCUT2D eigenvalue weighted by molar-refractivity contribution is -0.122. The summed E-state index contributed by atoms with van der Waals surface area (Å²) in [4.78, 5) is 28.6. The average Bonchev–Trinajstić information content (AvgIpc) is 3.27. The van der Waals surface area contributed by atoms with E-state index >= 15 is 0 Å². The molecule has 0 aliphatic carbocycles. The number of aryl methyl sites for hydroxylation is 1. The predicted molar refractivity (Wildman–Crippen MR) is 154 cm³/mol. The van der Waals surface area contributed by atoms with Crippen molar-refractivity contribution >= 4 is 44.9 Å². The predicted octanol–water partition coefficient (Wildman–Crippen LogP) is 4.86. The second kappa shape index (κ2) is 13.7. The zero-order valence-corrected chi connectivity index (χ0v) is 23.6. The quantitative estimate of drug-likeness (QED) is 0.316. The van der Waals surface area contributed by atoms with Gasteiger partial charge in [0.1, 0.15) is 5.75 Å². The number of rotatable bonds is 7. The molecule has 1 N–H and O–H groups in total. The number of carbonyl (C=O) groups excluding carboxylic acids is 1. The Kier molecular flexibility index (Phi) is 10.1. The van der Waals surface area contributed by atoms with Crippen LogP contribution in [0.25, 0.3) is 10.9 Å². The summed E-state index contributed by atoms with van der Waals surface area (Å²) in [6.07, 6.45) is 7.09. The fraction of sp³-hybridized carbons (Fsp3) is 0.448. The number of nitrogens with zero attached hydrogens (tertiary/aromatic N) is 4. The number of carboxylic acid groups (broad SMARTS) is 1. The van der Waals surface area contributed by atoms with E-state index in [1.54, 1.807) is 0 Å². The van der Waals surface area contributed by atoms with E-state index in [0.29, 0.717) is 0 Å². The van der Waals surface area contributed by atoms with Crippen LogP contribution in [0.3, 0.4) is 0 Å². The Hall–Kier alpha value is -3.04. The van der Waals surface area contributed by atoms with Crippen molar-refractivity contribution in [3.8, 4) is 5.75 Å². The lowest BCUT2D eigenvalue weighted by Crippen LogP contribution is -2.48. The highest BCUT2D eigenvalue weighted by atomic mass is 79.9. The van der Waals surface area contributed by atoms with E-state index in [2.05, 4.69) is 56.1 Å². The maximum Gasteiger partial charge on any atom is 0.290 e. The molecule has 3 heterocycles. The molecule has 2 saturated heterocycles. The fourth-order valence-electron chi connectivity index (χ4n) is 5.29. The number of ether oxygens (including phenoxy) is 1. The minimum atomic E-state index is -0.250. The topological polar surface area (TPSA) is 78.3 Å². The summed E-state index contributed by atoms with van der Waals surface area (Å²) < 4.78 is 9.00. The summed E-state index contributed by atoms with van der Waals surface area (Å²) in [6, 6.07) is 14.5. The molecule has 2 aliphatic heterocycles. The van der Waals surface area contributed by atoms with E-state index < -0.39 is 0 Å². The molecule has 5 rings (SSSR count). The minimum absolute atomic E-state index is 0.113. The lowest BCUT2D eigenvalue weighted by atomic mass is 10.1. The normalized spacial score (nSPS) is 16.2. The van der Waals surface area contributed by atoms with Crippen molar-refractivity contribution < 1.29 is 19.4 Å². The first-order valence-corrected chi connectivity index (χ1v) is 14.1. The van der Waals surface area contributed by atoms with Crippen LogP contribution in [0, 0.1) is 0 Å². The summed E-state index contributed by atoms with van der Waals surface area (Å²) in [5.41, 5.74) is 3.04. The number of hydrogen-bond donors (Lipinski definition) is 1. The number of aromatic nitrogens is 1. The summed E-state index contributed by atoms with van der Waals surface area (Å²) in [7, 11) is 1.99. The Morgan fingerprint density at radius 1 is 1.00 bits per heavy atom. The Bertz CT molecular complexity index is 1200. The smallest absolute Gasteiger partial charge is 0.290 e. The summed E-state index contributed by atoms with van der Waals surface area (Å²) >= 11 is 3.54. The third-order valence-corrected chi connectivity index (χ3v) is 7.78. The van der Waals surface area contributed by atoms with Gasteiger partial charge >= 0.3 is 0 Å². The van der Waals surface area contributed by atoms with Gasteiger partial charge in [0.25, 0.3) is 12.4 Å². The number of amides is 1. The van der Waals surface area contributed by atoms with Crippen LogP contribution in [0.15, 0.2) is 53.1 Å². The van der Waals surface area contributed by atoms with Crippen LogP contribution < -0.4 is 9.64 Å². The van der Waals surface area contributed by atoms with Crippen molar-refractivity contribution in [2.24, 2.45) is 7.05 Å². The van der Waals surface area contributed by atoms with Crippen molar-refractivity contribution in [3.05, 3.63) is 58.7 Å². The van der Waals surface area contributed by atoms with Crippen molar-refractivity contribution in [1.82, 2.24) is 14.4 Å². The van der Waals surface area contributed by atoms with Crippen LogP contribution in [-0.2, 0) is 11.8 Å². The number of halogens is 1. The van der Waals surface area contributed by atoms with E-state index in [1.807, 2.05) is 34.8 Å². The fourth-order valence-corrected chi connectivity index (χ4v) is 5.65. The van der Waals surface area contributed by atoms with Gasteiger partial charge in [-0.15, -0.1) is 0 Å². The summed E-state index contributed by atoms with van der Waals surface area (Å²) in [5, 5.41) is 7.89. The molecule has 2 aliphatic rings. The van der Waals surface area contributed by atoms with Crippen LogP contribution in [0.5, 0.6) is 5.75 Å². The average molecular weight is 586 g/mol. The SMILES string of the molecule is Cn1cc(C(=O)N2CCN(c3ccc(OCCCN4CCCCC4)cc3)CC2)c2cc(Br)ccc21.O=CO. The van der Waals surface area contributed by atoms with Gasteiger partial charge in [-0.05, 0) is 74.8 Å². The van der Waals surface area contributed by atoms with Gasteiger partial charge in [-0.2, -0.15) is 0 Å². The van der Waals surface area contributed by atoms with Crippen LogP contribution in [0.4, 0.5) is 5.69 Å². The number of fused-ring (bicyclic) bond motifs is 1. The van der Waals surface area contributed by atoms with Gasteiger partial charge in [-0.3, -0.25) is 9.59 Å². The van der Waals surface area contributed by atoms with Gasteiger partial charge in [0, 0.05) is 67.0 Å². The molecule has 8 nitrogen and oxygen atoms in total. The number of piperidine rings is 1. The zero-order chi connectivity index (χ0) is 26.9. The number of likely N-dealkylation sites (tertiary alicyclic amines) is 1. The highest BCUT2D eigenvalue weighted by Crippen LogP contribution is 2.27. The molecule has 2 fully saturated rings. The summed E-state index contributed by atoms with van der Waals surface area (Å²) in [6.45, 7) is 7.24. The third kappa shape index (κ3) is 7.08. The van der Waals surface area contributed by atoms with Crippen molar-refractivity contribution in [1.29, 1.82) is 0 Å². The van der Waals surface area contributed by atoms with Crippen molar-refractivity contribution in [3.63, 3.8) is 0 Å². The second-order valence-electron chi connectivity index (χ2n) is 9.80. The number of benzene rings is 2. The van der Waals surface area contributed by atoms with E-state index in [0.717, 1.165) is 72.4 Å². The Morgan fingerprint density at radius 3 is 2.37 bits per heavy atom. The first-order chi connectivity index (χ1) is 18.5. The molecular weight excluding hydrogens is 548 g/mol. The molecule has 1 aromatic heterocycles. The van der Waals surface area contributed by atoms with Crippen molar-refractivity contribution in [2.75, 3.05) is 57.3 Å².